The lowest BCUT2D eigenvalue weighted by atomic mass is 9.97. The maximum Gasteiger partial charge on any atom is 0.276 e. The van der Waals surface area contributed by atoms with Gasteiger partial charge in [0.15, 0.2) is 0 Å². The third-order valence-corrected chi connectivity index (χ3v) is 6.15. The lowest BCUT2D eigenvalue weighted by Crippen LogP contribution is -2.41. The molecule has 3 unspecified atom stereocenters. The minimum absolute atomic E-state index is 0.0827. The molecule has 0 radical (unpaired) electrons. The number of benzene rings is 1. The Kier molecular flexibility index (Phi) is 4.73. The second-order valence-corrected chi connectivity index (χ2v) is 7.83. The Morgan fingerprint density at radius 3 is 2.73 bits per heavy atom. The number of fused-ring (bicyclic) bond motifs is 1. The van der Waals surface area contributed by atoms with E-state index in [9.17, 15) is 4.79 Å². The Hall–Kier alpha value is -1.89. The van der Waals surface area contributed by atoms with Gasteiger partial charge in [0.1, 0.15) is 0 Å². The van der Waals surface area contributed by atoms with Crippen molar-refractivity contribution in [3.8, 4) is 5.69 Å². The second kappa shape index (κ2) is 7.02. The summed E-state index contributed by atoms with van der Waals surface area (Å²) in [5.74, 6) is 0.718. The summed E-state index contributed by atoms with van der Waals surface area (Å²) in [7, 11) is 4.07. The molecule has 1 aromatic heterocycles. The van der Waals surface area contributed by atoms with Gasteiger partial charge in [0.05, 0.1) is 11.3 Å². The van der Waals surface area contributed by atoms with Crippen molar-refractivity contribution in [1.29, 1.82) is 0 Å². The van der Waals surface area contributed by atoms with Crippen LogP contribution in [-0.2, 0) is 13.6 Å². The Bertz CT molecular complexity index is 825. The zero-order valence-electron chi connectivity index (χ0n) is 15.9. The predicted molar refractivity (Wildman–Crippen MR) is 103 cm³/mol. The van der Waals surface area contributed by atoms with Crippen molar-refractivity contribution >= 4 is 0 Å². The molecule has 0 amide bonds. The van der Waals surface area contributed by atoms with Gasteiger partial charge < -0.3 is 4.90 Å². The number of aromatic nitrogens is 2. The average molecular weight is 355 g/mol. The summed E-state index contributed by atoms with van der Waals surface area (Å²) in [4.78, 5) is 15.3. The monoisotopic (exact) mass is 355 g/mol. The number of rotatable bonds is 5. The molecule has 4 rings (SSSR count). The van der Waals surface area contributed by atoms with Gasteiger partial charge in [-0.1, -0.05) is 24.6 Å². The molecule has 0 bridgehead atoms. The highest BCUT2D eigenvalue weighted by atomic mass is 16.1. The minimum atomic E-state index is 0.0827. The van der Waals surface area contributed by atoms with E-state index >= 15 is 0 Å². The van der Waals surface area contributed by atoms with Gasteiger partial charge in [0, 0.05) is 37.9 Å². The lowest BCUT2D eigenvalue weighted by molar-refractivity contribution is 0.262. The van der Waals surface area contributed by atoms with Crippen molar-refractivity contribution in [2.45, 2.75) is 44.8 Å². The SMILES string of the molecule is Cc1c(CN(C)CC2NNC3CCCC32)c(=O)n(-c2ccccc2)n1C. The highest BCUT2D eigenvalue weighted by Gasteiger charge is 2.39. The molecule has 1 saturated carbocycles. The summed E-state index contributed by atoms with van der Waals surface area (Å²) < 4.78 is 3.73. The van der Waals surface area contributed by atoms with Crippen LogP contribution in [0.1, 0.15) is 30.5 Å². The first-order chi connectivity index (χ1) is 12.6. The molecule has 2 N–H and O–H groups in total. The van der Waals surface area contributed by atoms with Gasteiger partial charge in [-0.25, -0.2) is 4.68 Å². The largest absolute Gasteiger partial charge is 0.300 e. The van der Waals surface area contributed by atoms with Crippen LogP contribution in [0.25, 0.3) is 5.69 Å². The van der Waals surface area contributed by atoms with Crippen molar-refractivity contribution in [3.05, 3.63) is 51.9 Å². The Labute approximate surface area is 154 Å². The molecule has 26 heavy (non-hydrogen) atoms. The fraction of sp³-hybridized carbons (Fsp3) is 0.550. The molecule has 2 aliphatic rings. The van der Waals surface area contributed by atoms with Crippen molar-refractivity contribution in [3.63, 3.8) is 0 Å². The Morgan fingerprint density at radius 2 is 1.96 bits per heavy atom. The maximum absolute atomic E-state index is 13.1. The first-order valence-electron chi connectivity index (χ1n) is 9.58. The van der Waals surface area contributed by atoms with Crippen LogP contribution < -0.4 is 16.4 Å². The van der Waals surface area contributed by atoms with E-state index in [1.807, 2.05) is 49.0 Å². The molecule has 1 aromatic carbocycles. The number of likely N-dealkylation sites (N-methyl/N-ethyl adjacent to an activating group) is 1. The third kappa shape index (κ3) is 3.02. The second-order valence-electron chi connectivity index (χ2n) is 7.83. The van der Waals surface area contributed by atoms with E-state index < -0.39 is 0 Å². The number of hydrogen-bond donors (Lipinski definition) is 2. The molecular formula is C20H29N5O. The molecule has 6 nitrogen and oxygen atoms in total. The summed E-state index contributed by atoms with van der Waals surface area (Å²) in [5.41, 5.74) is 9.82. The molecular weight excluding hydrogens is 326 g/mol. The minimum Gasteiger partial charge on any atom is -0.300 e. The average Bonchev–Trinajstić information content (AvgIpc) is 3.29. The van der Waals surface area contributed by atoms with Crippen LogP contribution in [0.4, 0.5) is 0 Å². The first-order valence-corrected chi connectivity index (χ1v) is 9.58. The highest BCUT2D eigenvalue weighted by molar-refractivity contribution is 5.33. The molecule has 1 aliphatic carbocycles. The van der Waals surface area contributed by atoms with E-state index in [1.54, 1.807) is 4.68 Å². The molecule has 2 heterocycles. The van der Waals surface area contributed by atoms with E-state index in [1.165, 1.54) is 19.3 Å². The van der Waals surface area contributed by atoms with Gasteiger partial charge >= 0.3 is 0 Å². The fourth-order valence-corrected chi connectivity index (χ4v) is 4.63. The topological polar surface area (TPSA) is 54.2 Å². The van der Waals surface area contributed by atoms with Crippen LogP contribution in [-0.4, -0.2) is 39.9 Å². The number of para-hydroxylation sites is 1. The van der Waals surface area contributed by atoms with Crippen LogP contribution in [0, 0.1) is 12.8 Å². The van der Waals surface area contributed by atoms with Crippen molar-refractivity contribution in [1.82, 2.24) is 25.1 Å². The van der Waals surface area contributed by atoms with E-state index in [0.717, 1.165) is 29.4 Å². The van der Waals surface area contributed by atoms with Crippen LogP contribution in [0.2, 0.25) is 0 Å². The quantitative estimate of drug-likeness (QED) is 0.855. The summed E-state index contributed by atoms with van der Waals surface area (Å²) in [6.45, 7) is 3.66. The van der Waals surface area contributed by atoms with Crippen molar-refractivity contribution < 1.29 is 0 Å². The van der Waals surface area contributed by atoms with E-state index in [-0.39, 0.29) is 5.56 Å². The number of hydrogen-bond acceptors (Lipinski definition) is 4. The fourth-order valence-electron chi connectivity index (χ4n) is 4.63. The highest BCUT2D eigenvalue weighted by Crippen LogP contribution is 2.31. The standard InChI is InChI=1S/C20H29N5O/c1-14-17(20(26)25(24(14)3)15-8-5-4-6-9-15)12-23(2)13-19-16-10-7-11-18(16)21-22-19/h4-6,8-9,16,18-19,21-22H,7,10-13H2,1-3H3. The van der Waals surface area contributed by atoms with E-state index in [0.29, 0.717) is 18.6 Å². The third-order valence-electron chi connectivity index (χ3n) is 6.15. The molecule has 1 aliphatic heterocycles. The normalized spacial score (nSPS) is 25.2. The van der Waals surface area contributed by atoms with Crippen LogP contribution in [0.15, 0.2) is 35.1 Å². The van der Waals surface area contributed by atoms with Crippen molar-refractivity contribution in [2.24, 2.45) is 13.0 Å². The lowest BCUT2D eigenvalue weighted by Gasteiger charge is -2.23. The van der Waals surface area contributed by atoms with E-state index in [2.05, 4.69) is 22.8 Å². The molecule has 140 valence electrons. The number of nitrogens with zero attached hydrogens (tertiary/aromatic N) is 3. The number of nitrogens with one attached hydrogen (secondary N) is 2. The zero-order chi connectivity index (χ0) is 18.3. The smallest absolute Gasteiger partial charge is 0.276 e. The molecule has 6 heteroatoms. The summed E-state index contributed by atoms with van der Waals surface area (Å²) >= 11 is 0. The molecule has 2 fully saturated rings. The van der Waals surface area contributed by atoms with Gasteiger partial charge in [-0.05, 0) is 44.9 Å². The summed E-state index contributed by atoms with van der Waals surface area (Å²) in [5, 5.41) is 0. The molecule has 1 saturated heterocycles. The maximum atomic E-state index is 13.1. The van der Waals surface area contributed by atoms with Crippen molar-refractivity contribution in [2.75, 3.05) is 13.6 Å². The predicted octanol–water partition coefficient (Wildman–Crippen LogP) is 1.56. The van der Waals surface area contributed by atoms with Gasteiger partial charge in [-0.2, -0.15) is 0 Å². The summed E-state index contributed by atoms with van der Waals surface area (Å²) in [6.07, 6.45) is 3.90. The zero-order valence-corrected chi connectivity index (χ0v) is 15.9. The Balaban J connectivity index is 1.52. The molecule has 2 aromatic rings. The van der Waals surface area contributed by atoms with E-state index in [4.69, 9.17) is 0 Å². The van der Waals surface area contributed by atoms with Gasteiger partial charge in [-0.3, -0.25) is 20.3 Å². The van der Waals surface area contributed by atoms with Crippen LogP contribution in [0.5, 0.6) is 0 Å². The van der Waals surface area contributed by atoms with Crippen LogP contribution in [0.3, 0.4) is 0 Å². The van der Waals surface area contributed by atoms with Crippen LogP contribution >= 0.6 is 0 Å². The first kappa shape index (κ1) is 17.5. The summed E-state index contributed by atoms with van der Waals surface area (Å²) in [6, 6.07) is 10.9. The molecule has 0 spiro atoms. The Morgan fingerprint density at radius 1 is 1.19 bits per heavy atom. The number of hydrazine groups is 1. The molecule has 3 atom stereocenters. The van der Waals surface area contributed by atoms with Gasteiger partial charge in [0.2, 0.25) is 0 Å². The van der Waals surface area contributed by atoms with Gasteiger partial charge in [0.25, 0.3) is 5.56 Å². The van der Waals surface area contributed by atoms with Gasteiger partial charge in [-0.15, -0.1) is 0 Å².